The van der Waals surface area contributed by atoms with E-state index in [4.69, 9.17) is 0 Å². The third kappa shape index (κ3) is 4.14. The van der Waals surface area contributed by atoms with Crippen molar-refractivity contribution in [2.75, 3.05) is 12.4 Å². The molecule has 0 spiro atoms. The number of nitrogens with one attached hydrogen (secondary N) is 1. The van der Waals surface area contributed by atoms with Gasteiger partial charge in [-0.15, -0.1) is 11.3 Å². The lowest BCUT2D eigenvalue weighted by atomic mass is 10.0. The fourth-order valence-electron chi connectivity index (χ4n) is 1.97. The Hall–Kier alpha value is -2.21. The summed E-state index contributed by atoms with van der Waals surface area (Å²) in [7, 11) is 1.30. The van der Waals surface area contributed by atoms with Crippen LogP contribution in [0.2, 0.25) is 0 Å². The van der Waals surface area contributed by atoms with Crippen LogP contribution in [0.5, 0.6) is 0 Å². The van der Waals surface area contributed by atoms with Crippen molar-refractivity contribution in [1.29, 1.82) is 0 Å². The second kappa shape index (κ2) is 7.17. The number of nitrogens with zero attached hydrogens (tertiary/aromatic N) is 1. The Morgan fingerprint density at radius 1 is 1.27 bits per heavy atom. The summed E-state index contributed by atoms with van der Waals surface area (Å²) >= 11 is 1.37. The number of rotatable bonds is 5. The molecule has 1 N–H and O–H groups in total. The monoisotopic (exact) mass is 318 g/mol. The van der Waals surface area contributed by atoms with Crippen LogP contribution in [0.1, 0.15) is 24.0 Å². The van der Waals surface area contributed by atoms with E-state index < -0.39 is 5.97 Å². The van der Waals surface area contributed by atoms with Gasteiger partial charge in [0, 0.05) is 17.4 Å². The van der Waals surface area contributed by atoms with Crippen molar-refractivity contribution in [2.45, 2.75) is 26.7 Å². The van der Waals surface area contributed by atoms with E-state index in [0.29, 0.717) is 5.13 Å². The molecule has 1 amide bonds. The van der Waals surface area contributed by atoms with Crippen molar-refractivity contribution < 1.29 is 14.3 Å². The van der Waals surface area contributed by atoms with Crippen molar-refractivity contribution in [1.82, 2.24) is 4.98 Å². The molecule has 6 heteroatoms. The molecule has 116 valence electrons. The van der Waals surface area contributed by atoms with Gasteiger partial charge in [-0.3, -0.25) is 9.59 Å². The Bertz CT molecular complexity index is 694. The Labute approximate surface area is 133 Å². The van der Waals surface area contributed by atoms with E-state index in [-0.39, 0.29) is 18.7 Å². The number of anilines is 1. The zero-order chi connectivity index (χ0) is 16.1. The quantitative estimate of drug-likeness (QED) is 0.859. The summed E-state index contributed by atoms with van der Waals surface area (Å²) < 4.78 is 4.51. The summed E-state index contributed by atoms with van der Waals surface area (Å²) in [4.78, 5) is 27.2. The Morgan fingerprint density at radius 3 is 2.77 bits per heavy atom. The molecular formula is C16H18N2O3S. The maximum atomic E-state index is 11.7. The second-order valence-corrected chi connectivity index (χ2v) is 5.84. The molecule has 0 aliphatic rings. The molecule has 0 bridgehead atoms. The average Bonchev–Trinajstić information content (AvgIpc) is 2.95. The third-order valence-electron chi connectivity index (χ3n) is 3.20. The van der Waals surface area contributed by atoms with Crippen LogP contribution in [0.3, 0.4) is 0 Å². The normalized spacial score (nSPS) is 10.3. The first kappa shape index (κ1) is 16.2. The highest BCUT2D eigenvalue weighted by Crippen LogP contribution is 2.28. The van der Waals surface area contributed by atoms with Gasteiger partial charge in [-0.1, -0.05) is 17.7 Å². The van der Waals surface area contributed by atoms with Gasteiger partial charge in [0.2, 0.25) is 5.91 Å². The fourth-order valence-corrected chi connectivity index (χ4v) is 2.69. The topological polar surface area (TPSA) is 68.3 Å². The smallest absolute Gasteiger partial charge is 0.306 e. The van der Waals surface area contributed by atoms with Gasteiger partial charge in [-0.05, 0) is 25.5 Å². The van der Waals surface area contributed by atoms with Crippen molar-refractivity contribution in [3.63, 3.8) is 0 Å². The summed E-state index contributed by atoms with van der Waals surface area (Å²) in [5.74, 6) is -0.641. The van der Waals surface area contributed by atoms with Crippen LogP contribution >= 0.6 is 11.3 Å². The van der Waals surface area contributed by atoms with E-state index in [2.05, 4.69) is 33.2 Å². The van der Waals surface area contributed by atoms with Gasteiger partial charge in [-0.2, -0.15) is 0 Å². The Morgan fingerprint density at radius 2 is 2.05 bits per heavy atom. The van der Waals surface area contributed by atoms with Gasteiger partial charge < -0.3 is 10.1 Å². The summed E-state index contributed by atoms with van der Waals surface area (Å²) in [5, 5.41) is 5.15. The van der Waals surface area contributed by atoms with Crippen LogP contribution < -0.4 is 5.32 Å². The van der Waals surface area contributed by atoms with E-state index in [1.807, 2.05) is 19.2 Å². The van der Waals surface area contributed by atoms with E-state index in [9.17, 15) is 9.59 Å². The summed E-state index contributed by atoms with van der Waals surface area (Å²) in [6.07, 6.45) is 0.155. The molecule has 2 rings (SSSR count). The first-order chi connectivity index (χ1) is 10.5. The lowest BCUT2D eigenvalue weighted by molar-refractivity contribution is -0.141. The van der Waals surface area contributed by atoms with E-state index in [1.165, 1.54) is 18.4 Å². The van der Waals surface area contributed by atoms with Crippen LogP contribution in [0.25, 0.3) is 11.3 Å². The number of aryl methyl sites for hydroxylation is 2. The van der Waals surface area contributed by atoms with E-state index in [0.717, 1.165) is 22.4 Å². The summed E-state index contributed by atoms with van der Waals surface area (Å²) in [6, 6.07) is 6.19. The predicted octanol–water partition coefficient (Wildman–Crippen LogP) is 3.32. The molecule has 1 heterocycles. The van der Waals surface area contributed by atoms with Crippen molar-refractivity contribution in [3.05, 3.63) is 34.7 Å². The molecule has 0 aliphatic carbocycles. The van der Waals surface area contributed by atoms with Crippen LogP contribution in [0.15, 0.2) is 23.6 Å². The van der Waals surface area contributed by atoms with Crippen molar-refractivity contribution >= 4 is 28.3 Å². The maximum absolute atomic E-state index is 11.7. The first-order valence-electron chi connectivity index (χ1n) is 6.89. The van der Waals surface area contributed by atoms with Crippen molar-refractivity contribution in [2.24, 2.45) is 0 Å². The van der Waals surface area contributed by atoms with Gasteiger partial charge >= 0.3 is 5.97 Å². The minimum atomic E-state index is -0.398. The molecule has 0 radical (unpaired) electrons. The zero-order valence-corrected chi connectivity index (χ0v) is 13.6. The standard InChI is InChI=1S/C16H18N2O3S/c1-10-4-5-11(2)12(8-10)13-9-22-16(17-13)18-14(19)6-7-15(20)21-3/h4-5,8-9H,6-7H2,1-3H3,(H,17,18,19). The largest absolute Gasteiger partial charge is 0.469 e. The van der Waals surface area contributed by atoms with Crippen LogP contribution in [-0.4, -0.2) is 24.0 Å². The minimum absolute atomic E-state index is 0.0670. The number of ether oxygens (including phenoxy) is 1. The van der Waals surface area contributed by atoms with Gasteiger partial charge in [0.1, 0.15) is 0 Å². The molecule has 2 aromatic rings. The fraction of sp³-hybridized carbons (Fsp3) is 0.312. The molecule has 0 unspecified atom stereocenters. The number of thiazole rings is 1. The molecule has 0 saturated carbocycles. The lowest BCUT2D eigenvalue weighted by Gasteiger charge is -2.04. The number of carbonyl (C=O) groups excluding carboxylic acids is 2. The molecular weight excluding hydrogens is 300 g/mol. The molecule has 1 aromatic heterocycles. The Kier molecular flexibility index (Phi) is 5.27. The lowest BCUT2D eigenvalue weighted by Crippen LogP contribution is -2.13. The SMILES string of the molecule is COC(=O)CCC(=O)Nc1nc(-c2cc(C)ccc2C)cs1. The highest BCUT2D eigenvalue weighted by atomic mass is 32.1. The molecule has 22 heavy (non-hydrogen) atoms. The maximum Gasteiger partial charge on any atom is 0.306 e. The molecule has 1 aromatic carbocycles. The molecule has 0 atom stereocenters. The molecule has 0 aliphatic heterocycles. The highest BCUT2D eigenvalue weighted by molar-refractivity contribution is 7.14. The number of esters is 1. The number of amides is 1. The van der Waals surface area contributed by atoms with Crippen LogP contribution in [0, 0.1) is 13.8 Å². The number of hydrogen-bond donors (Lipinski definition) is 1. The van der Waals surface area contributed by atoms with Gasteiger partial charge in [0.15, 0.2) is 5.13 Å². The average molecular weight is 318 g/mol. The van der Waals surface area contributed by atoms with Gasteiger partial charge in [-0.25, -0.2) is 4.98 Å². The predicted molar refractivity (Wildman–Crippen MR) is 86.9 cm³/mol. The van der Waals surface area contributed by atoms with Crippen molar-refractivity contribution in [3.8, 4) is 11.3 Å². The Balaban J connectivity index is 2.04. The second-order valence-electron chi connectivity index (χ2n) is 4.98. The zero-order valence-electron chi connectivity index (χ0n) is 12.8. The summed E-state index contributed by atoms with van der Waals surface area (Å²) in [6.45, 7) is 4.06. The summed E-state index contributed by atoms with van der Waals surface area (Å²) in [5.41, 5.74) is 4.21. The number of methoxy groups -OCH3 is 1. The van der Waals surface area contributed by atoms with Crippen LogP contribution in [-0.2, 0) is 14.3 Å². The molecule has 0 fully saturated rings. The van der Waals surface area contributed by atoms with E-state index in [1.54, 1.807) is 0 Å². The first-order valence-corrected chi connectivity index (χ1v) is 7.77. The number of benzene rings is 1. The number of carbonyl (C=O) groups is 2. The molecule has 0 saturated heterocycles. The van der Waals surface area contributed by atoms with Gasteiger partial charge in [0.25, 0.3) is 0 Å². The number of hydrogen-bond acceptors (Lipinski definition) is 5. The van der Waals surface area contributed by atoms with Gasteiger partial charge in [0.05, 0.1) is 19.2 Å². The van der Waals surface area contributed by atoms with Crippen LogP contribution in [0.4, 0.5) is 5.13 Å². The third-order valence-corrected chi connectivity index (χ3v) is 3.96. The highest BCUT2D eigenvalue weighted by Gasteiger charge is 2.11. The molecule has 5 nitrogen and oxygen atoms in total. The minimum Gasteiger partial charge on any atom is -0.469 e. The van der Waals surface area contributed by atoms with E-state index >= 15 is 0 Å². The number of aromatic nitrogens is 1.